The summed E-state index contributed by atoms with van der Waals surface area (Å²) in [6.45, 7) is 20.4. The number of nitrogens with one attached hydrogen (secondary N) is 2. The number of nitrogens with zero attached hydrogens (tertiary/aromatic N) is 2. The second kappa shape index (κ2) is 12.4. The van der Waals surface area contributed by atoms with E-state index < -0.39 is 0 Å². The van der Waals surface area contributed by atoms with Crippen LogP contribution in [0.1, 0.15) is 85.2 Å². The molecule has 0 unspecified atom stereocenters. The lowest BCUT2D eigenvalue weighted by Gasteiger charge is -2.26. The SMILES string of the molecule is CC(C)(C)Cc1ccc2cc(CCNC(C)(C)CCc3cn4cc(OCCCNC(C)(C)C)ccc4n3)oc2c1. The Morgan fingerprint density at radius 3 is 2.42 bits per heavy atom. The number of aromatic nitrogens is 2. The summed E-state index contributed by atoms with van der Waals surface area (Å²) in [6.07, 6.45) is 8.96. The summed E-state index contributed by atoms with van der Waals surface area (Å²) >= 11 is 0. The van der Waals surface area contributed by atoms with Gasteiger partial charge in [0, 0.05) is 35.6 Å². The van der Waals surface area contributed by atoms with Gasteiger partial charge in [0.25, 0.3) is 0 Å². The fourth-order valence-corrected chi connectivity index (χ4v) is 4.98. The Hall–Kier alpha value is -2.83. The third kappa shape index (κ3) is 9.38. The van der Waals surface area contributed by atoms with Crippen molar-refractivity contribution in [3.8, 4) is 5.75 Å². The maximum Gasteiger partial charge on any atom is 0.137 e. The molecule has 0 spiro atoms. The van der Waals surface area contributed by atoms with Gasteiger partial charge >= 0.3 is 0 Å². The fourth-order valence-electron chi connectivity index (χ4n) is 4.98. The molecular formula is C34H50N4O2. The largest absolute Gasteiger partial charge is 0.492 e. The molecule has 218 valence electrons. The first kappa shape index (κ1) is 30.1. The van der Waals surface area contributed by atoms with E-state index in [1.165, 1.54) is 10.9 Å². The summed E-state index contributed by atoms with van der Waals surface area (Å²) < 4.78 is 14.2. The minimum Gasteiger partial charge on any atom is -0.492 e. The summed E-state index contributed by atoms with van der Waals surface area (Å²) in [6, 6.07) is 12.9. The molecule has 4 aromatic rings. The number of aryl methyl sites for hydroxylation is 1. The highest BCUT2D eigenvalue weighted by Crippen LogP contribution is 2.26. The summed E-state index contributed by atoms with van der Waals surface area (Å²) in [5.41, 5.74) is 4.79. The van der Waals surface area contributed by atoms with Gasteiger partial charge in [0.15, 0.2) is 0 Å². The molecule has 4 rings (SSSR count). The van der Waals surface area contributed by atoms with Crippen LogP contribution < -0.4 is 15.4 Å². The molecule has 3 aromatic heterocycles. The van der Waals surface area contributed by atoms with Crippen molar-refractivity contribution in [2.24, 2.45) is 5.41 Å². The van der Waals surface area contributed by atoms with Crippen LogP contribution in [0, 0.1) is 5.41 Å². The van der Waals surface area contributed by atoms with Crippen molar-refractivity contribution in [2.75, 3.05) is 19.7 Å². The molecule has 3 heterocycles. The molecule has 6 nitrogen and oxygen atoms in total. The molecule has 0 bridgehead atoms. The molecule has 0 aliphatic rings. The first-order valence-corrected chi connectivity index (χ1v) is 14.9. The van der Waals surface area contributed by atoms with Gasteiger partial charge in [-0.2, -0.15) is 0 Å². The van der Waals surface area contributed by atoms with Crippen LogP contribution in [0.2, 0.25) is 0 Å². The average Bonchev–Trinajstić information content (AvgIpc) is 3.43. The standard InChI is InChI=1S/C34H50N4O2/c1-32(2,3)22-25-10-11-26-21-28(40-30(26)20-25)15-18-36-34(7,8)16-14-27-23-38-24-29(12-13-31(38)37-27)39-19-9-17-35-33(4,5)6/h10-13,20-21,23-24,35-36H,9,14-19,22H2,1-8H3. The van der Waals surface area contributed by atoms with E-state index in [1.807, 2.05) is 18.3 Å². The maximum atomic E-state index is 6.19. The van der Waals surface area contributed by atoms with Crippen molar-refractivity contribution in [3.63, 3.8) is 0 Å². The number of pyridine rings is 1. The average molecular weight is 547 g/mol. The predicted octanol–water partition coefficient (Wildman–Crippen LogP) is 7.37. The zero-order chi connectivity index (χ0) is 29.0. The molecule has 2 N–H and O–H groups in total. The second-order valence-electron chi connectivity index (χ2n) is 14.1. The van der Waals surface area contributed by atoms with Crippen LogP contribution >= 0.6 is 0 Å². The topological polar surface area (TPSA) is 63.7 Å². The lowest BCUT2D eigenvalue weighted by Crippen LogP contribution is -2.40. The van der Waals surface area contributed by atoms with Gasteiger partial charge in [0.2, 0.25) is 0 Å². The van der Waals surface area contributed by atoms with E-state index in [1.54, 1.807) is 0 Å². The molecule has 0 aliphatic carbocycles. The van der Waals surface area contributed by atoms with Crippen molar-refractivity contribution in [1.29, 1.82) is 0 Å². The van der Waals surface area contributed by atoms with Crippen LogP contribution in [-0.4, -0.2) is 40.2 Å². The smallest absolute Gasteiger partial charge is 0.137 e. The number of hydrogen-bond acceptors (Lipinski definition) is 5. The first-order chi connectivity index (χ1) is 18.7. The van der Waals surface area contributed by atoms with Crippen LogP contribution in [0.3, 0.4) is 0 Å². The van der Waals surface area contributed by atoms with Crippen LogP contribution in [0.5, 0.6) is 5.75 Å². The second-order valence-corrected chi connectivity index (χ2v) is 14.1. The van der Waals surface area contributed by atoms with Gasteiger partial charge in [-0.1, -0.05) is 32.9 Å². The monoisotopic (exact) mass is 546 g/mol. The molecule has 0 radical (unpaired) electrons. The highest BCUT2D eigenvalue weighted by molar-refractivity contribution is 5.78. The van der Waals surface area contributed by atoms with Crippen LogP contribution in [0.4, 0.5) is 0 Å². The minimum atomic E-state index is -0.00292. The lowest BCUT2D eigenvalue weighted by atomic mass is 9.88. The fraction of sp³-hybridized carbons (Fsp3) is 0.559. The van der Waals surface area contributed by atoms with Gasteiger partial charge in [-0.3, -0.25) is 0 Å². The predicted molar refractivity (Wildman–Crippen MR) is 167 cm³/mol. The molecule has 0 fully saturated rings. The molecule has 0 atom stereocenters. The molecular weight excluding hydrogens is 496 g/mol. The maximum absolute atomic E-state index is 6.19. The Bertz CT molecular complexity index is 1380. The number of imidazole rings is 1. The Labute approximate surface area is 240 Å². The van der Waals surface area contributed by atoms with Gasteiger partial charge in [-0.25, -0.2) is 4.98 Å². The Morgan fingerprint density at radius 1 is 0.875 bits per heavy atom. The molecule has 0 aliphatic heterocycles. The van der Waals surface area contributed by atoms with Crippen LogP contribution in [0.15, 0.2) is 53.2 Å². The van der Waals surface area contributed by atoms with Crippen LogP contribution in [0.25, 0.3) is 16.6 Å². The van der Waals surface area contributed by atoms with E-state index in [9.17, 15) is 0 Å². The van der Waals surface area contributed by atoms with E-state index in [0.29, 0.717) is 6.61 Å². The van der Waals surface area contributed by atoms with E-state index in [0.717, 1.165) is 73.6 Å². The number of benzene rings is 1. The van der Waals surface area contributed by atoms with Crippen LogP contribution in [-0.2, 0) is 19.3 Å². The molecule has 0 saturated carbocycles. The van der Waals surface area contributed by atoms with E-state index in [4.69, 9.17) is 14.1 Å². The summed E-state index contributed by atoms with van der Waals surface area (Å²) in [5, 5.41) is 8.41. The van der Waals surface area contributed by atoms with Gasteiger partial charge < -0.3 is 24.2 Å². The van der Waals surface area contributed by atoms with Gasteiger partial charge in [-0.05, 0) is 102 Å². The lowest BCUT2D eigenvalue weighted by molar-refractivity contribution is 0.297. The van der Waals surface area contributed by atoms with Gasteiger partial charge in [-0.15, -0.1) is 0 Å². The minimum absolute atomic E-state index is 0.00292. The molecule has 0 saturated heterocycles. The molecule has 0 amide bonds. The number of rotatable bonds is 13. The number of fused-ring (bicyclic) bond motifs is 2. The zero-order valence-corrected chi connectivity index (χ0v) is 26.0. The van der Waals surface area contributed by atoms with Gasteiger partial charge in [0.1, 0.15) is 22.7 Å². The van der Waals surface area contributed by atoms with E-state index >= 15 is 0 Å². The van der Waals surface area contributed by atoms with Crippen molar-refractivity contribution >= 4 is 16.6 Å². The molecule has 6 heteroatoms. The molecule has 1 aromatic carbocycles. The highest BCUT2D eigenvalue weighted by Gasteiger charge is 2.18. The van der Waals surface area contributed by atoms with E-state index in [2.05, 4.69) is 101 Å². The van der Waals surface area contributed by atoms with Crippen molar-refractivity contribution < 1.29 is 9.15 Å². The number of hydrogen-bond donors (Lipinski definition) is 2. The van der Waals surface area contributed by atoms with E-state index in [-0.39, 0.29) is 16.5 Å². The summed E-state index contributed by atoms with van der Waals surface area (Å²) in [5.74, 6) is 1.92. The zero-order valence-electron chi connectivity index (χ0n) is 26.0. The Morgan fingerprint density at radius 2 is 1.68 bits per heavy atom. The normalized spacial score (nSPS) is 13.0. The number of ether oxygens (including phenoxy) is 1. The Balaban J connectivity index is 1.23. The van der Waals surface area contributed by atoms with Crippen molar-refractivity contribution in [1.82, 2.24) is 20.0 Å². The first-order valence-electron chi connectivity index (χ1n) is 14.9. The highest BCUT2D eigenvalue weighted by atomic mass is 16.5. The number of furan rings is 1. The third-order valence-corrected chi connectivity index (χ3v) is 7.07. The van der Waals surface area contributed by atoms with Gasteiger partial charge in [0.05, 0.1) is 18.5 Å². The summed E-state index contributed by atoms with van der Waals surface area (Å²) in [7, 11) is 0. The summed E-state index contributed by atoms with van der Waals surface area (Å²) in [4.78, 5) is 4.83. The Kier molecular flexibility index (Phi) is 9.31. The van der Waals surface area contributed by atoms with Crippen molar-refractivity contribution in [2.45, 2.75) is 98.6 Å². The third-order valence-electron chi connectivity index (χ3n) is 7.07. The molecule has 40 heavy (non-hydrogen) atoms. The van der Waals surface area contributed by atoms with Crippen molar-refractivity contribution in [3.05, 3.63) is 65.8 Å². The quantitative estimate of drug-likeness (QED) is 0.171.